The predicted octanol–water partition coefficient (Wildman–Crippen LogP) is 4.10. The smallest absolute Gasteiger partial charge is 0.203 e. The van der Waals surface area contributed by atoms with Gasteiger partial charge >= 0.3 is 0 Å². The first-order chi connectivity index (χ1) is 10.2. The largest absolute Gasteiger partial charge is 0.355 e. The maximum absolute atomic E-state index is 12.9. The molecule has 1 saturated carbocycles. The van der Waals surface area contributed by atoms with Crippen molar-refractivity contribution >= 4 is 5.95 Å². The van der Waals surface area contributed by atoms with Crippen LogP contribution in [0, 0.1) is 12.7 Å². The van der Waals surface area contributed by atoms with Gasteiger partial charge in [0, 0.05) is 18.8 Å². The molecule has 3 rings (SSSR count). The van der Waals surface area contributed by atoms with E-state index in [0.717, 1.165) is 30.2 Å². The highest BCUT2D eigenvalue weighted by atomic mass is 19.1. The Bertz CT molecular complexity index is 583. The van der Waals surface area contributed by atoms with Crippen LogP contribution in [0.2, 0.25) is 0 Å². The Hall–Kier alpha value is -1.84. The van der Waals surface area contributed by atoms with Gasteiger partial charge in [-0.1, -0.05) is 25.0 Å². The van der Waals surface area contributed by atoms with Gasteiger partial charge < -0.3 is 9.88 Å². The zero-order chi connectivity index (χ0) is 14.7. The molecule has 0 amide bonds. The predicted molar refractivity (Wildman–Crippen MR) is 83.1 cm³/mol. The molecule has 0 radical (unpaired) electrons. The standard InChI is InChI=1S/C17H22FN3/c1-13-12-21(16-4-2-3-5-16)17(20-13)19-11-10-14-6-8-15(18)9-7-14/h6-9,12,16H,2-5,10-11H2,1H3,(H,19,20). The lowest BCUT2D eigenvalue weighted by Gasteiger charge is -2.15. The summed E-state index contributed by atoms with van der Waals surface area (Å²) in [4.78, 5) is 4.59. The van der Waals surface area contributed by atoms with Crippen LogP contribution in [0.15, 0.2) is 30.5 Å². The summed E-state index contributed by atoms with van der Waals surface area (Å²) < 4.78 is 15.2. The number of hydrogen-bond acceptors (Lipinski definition) is 2. The summed E-state index contributed by atoms with van der Waals surface area (Å²) in [6.07, 6.45) is 8.16. The lowest BCUT2D eigenvalue weighted by atomic mass is 10.1. The third-order valence-corrected chi connectivity index (χ3v) is 4.18. The highest BCUT2D eigenvalue weighted by molar-refractivity contribution is 5.30. The molecule has 1 aliphatic rings. The van der Waals surface area contributed by atoms with E-state index in [1.807, 2.05) is 19.1 Å². The summed E-state index contributed by atoms with van der Waals surface area (Å²) in [5.74, 6) is 0.792. The molecule has 112 valence electrons. The lowest BCUT2D eigenvalue weighted by molar-refractivity contribution is 0.522. The normalized spacial score (nSPS) is 15.5. The molecular weight excluding hydrogens is 265 g/mol. The number of imidazole rings is 1. The zero-order valence-electron chi connectivity index (χ0n) is 12.5. The van der Waals surface area contributed by atoms with Gasteiger partial charge in [0.05, 0.1) is 5.69 Å². The van der Waals surface area contributed by atoms with Crippen molar-refractivity contribution in [1.82, 2.24) is 9.55 Å². The number of nitrogens with one attached hydrogen (secondary N) is 1. The molecule has 0 aliphatic heterocycles. The highest BCUT2D eigenvalue weighted by Crippen LogP contribution is 2.32. The van der Waals surface area contributed by atoms with Crippen LogP contribution in [-0.4, -0.2) is 16.1 Å². The fourth-order valence-electron chi connectivity index (χ4n) is 3.08. The lowest BCUT2D eigenvalue weighted by Crippen LogP contribution is -2.13. The average Bonchev–Trinajstić information content (AvgIpc) is 3.10. The van der Waals surface area contributed by atoms with Crippen molar-refractivity contribution in [3.8, 4) is 0 Å². The number of aromatic nitrogens is 2. The Morgan fingerprint density at radius 1 is 1.24 bits per heavy atom. The Morgan fingerprint density at radius 2 is 1.95 bits per heavy atom. The number of nitrogens with zero attached hydrogens (tertiary/aromatic N) is 2. The molecular formula is C17H22FN3. The molecule has 3 nitrogen and oxygen atoms in total. The van der Waals surface area contributed by atoms with E-state index in [0.29, 0.717) is 6.04 Å². The van der Waals surface area contributed by atoms with E-state index in [2.05, 4.69) is 21.1 Å². The van der Waals surface area contributed by atoms with E-state index in [4.69, 9.17) is 0 Å². The van der Waals surface area contributed by atoms with Gasteiger partial charge in [-0.2, -0.15) is 0 Å². The Kier molecular flexibility index (Phi) is 4.23. The van der Waals surface area contributed by atoms with E-state index in [1.165, 1.54) is 37.8 Å². The van der Waals surface area contributed by atoms with Gasteiger partial charge in [0.25, 0.3) is 0 Å². The maximum atomic E-state index is 12.9. The van der Waals surface area contributed by atoms with Gasteiger partial charge in [0.15, 0.2) is 0 Å². The Morgan fingerprint density at radius 3 is 2.67 bits per heavy atom. The fraction of sp³-hybridized carbons (Fsp3) is 0.471. The fourth-order valence-corrected chi connectivity index (χ4v) is 3.08. The van der Waals surface area contributed by atoms with E-state index in [-0.39, 0.29) is 5.82 Å². The molecule has 21 heavy (non-hydrogen) atoms. The molecule has 1 aromatic heterocycles. The first-order valence-electron chi connectivity index (χ1n) is 7.76. The van der Waals surface area contributed by atoms with Crippen molar-refractivity contribution in [2.45, 2.75) is 45.1 Å². The SMILES string of the molecule is Cc1cn(C2CCCC2)c(NCCc2ccc(F)cc2)n1. The highest BCUT2D eigenvalue weighted by Gasteiger charge is 2.19. The molecule has 1 aromatic carbocycles. The number of aryl methyl sites for hydroxylation is 1. The van der Waals surface area contributed by atoms with Gasteiger partial charge in [-0.3, -0.25) is 0 Å². The first-order valence-corrected chi connectivity index (χ1v) is 7.76. The van der Waals surface area contributed by atoms with Crippen molar-refractivity contribution in [1.29, 1.82) is 0 Å². The van der Waals surface area contributed by atoms with Crippen molar-refractivity contribution in [2.75, 3.05) is 11.9 Å². The van der Waals surface area contributed by atoms with Crippen LogP contribution in [0.25, 0.3) is 0 Å². The molecule has 1 aliphatic carbocycles. The Balaban J connectivity index is 1.61. The first kappa shape index (κ1) is 14.1. The van der Waals surface area contributed by atoms with Gasteiger partial charge in [0.2, 0.25) is 5.95 Å². The van der Waals surface area contributed by atoms with Gasteiger partial charge in [-0.05, 0) is 43.9 Å². The summed E-state index contributed by atoms with van der Waals surface area (Å²) in [7, 11) is 0. The summed E-state index contributed by atoms with van der Waals surface area (Å²) in [6, 6.07) is 7.30. The third-order valence-electron chi connectivity index (χ3n) is 4.18. The third kappa shape index (κ3) is 3.43. The van der Waals surface area contributed by atoms with Gasteiger partial charge in [-0.25, -0.2) is 9.37 Å². The zero-order valence-corrected chi connectivity index (χ0v) is 12.5. The monoisotopic (exact) mass is 287 g/mol. The van der Waals surface area contributed by atoms with E-state index < -0.39 is 0 Å². The molecule has 0 atom stereocenters. The number of rotatable bonds is 5. The molecule has 1 fully saturated rings. The minimum atomic E-state index is -0.181. The van der Waals surface area contributed by atoms with Crippen LogP contribution in [0.3, 0.4) is 0 Å². The van der Waals surface area contributed by atoms with E-state index >= 15 is 0 Å². The molecule has 0 spiro atoms. The number of anilines is 1. The molecule has 0 unspecified atom stereocenters. The topological polar surface area (TPSA) is 29.9 Å². The molecule has 4 heteroatoms. The van der Waals surface area contributed by atoms with Crippen molar-refractivity contribution in [2.24, 2.45) is 0 Å². The summed E-state index contributed by atoms with van der Waals surface area (Å²) in [5.41, 5.74) is 2.20. The molecule has 1 heterocycles. The number of halogens is 1. The number of hydrogen-bond donors (Lipinski definition) is 1. The summed E-state index contributed by atoms with van der Waals surface area (Å²) >= 11 is 0. The molecule has 2 aromatic rings. The average molecular weight is 287 g/mol. The van der Waals surface area contributed by atoms with Crippen LogP contribution < -0.4 is 5.32 Å². The van der Waals surface area contributed by atoms with Crippen LogP contribution in [0.5, 0.6) is 0 Å². The molecule has 1 N–H and O–H groups in total. The van der Waals surface area contributed by atoms with Crippen molar-refractivity contribution in [3.05, 3.63) is 47.5 Å². The second-order valence-electron chi connectivity index (χ2n) is 5.85. The van der Waals surface area contributed by atoms with Crippen molar-refractivity contribution < 1.29 is 4.39 Å². The minimum Gasteiger partial charge on any atom is -0.355 e. The second kappa shape index (κ2) is 6.29. The number of benzene rings is 1. The van der Waals surface area contributed by atoms with Crippen LogP contribution >= 0.6 is 0 Å². The minimum absolute atomic E-state index is 0.181. The van der Waals surface area contributed by atoms with Gasteiger partial charge in [-0.15, -0.1) is 0 Å². The Labute approximate surface area is 125 Å². The maximum Gasteiger partial charge on any atom is 0.203 e. The second-order valence-corrected chi connectivity index (χ2v) is 5.85. The molecule has 0 saturated heterocycles. The van der Waals surface area contributed by atoms with E-state index in [9.17, 15) is 4.39 Å². The van der Waals surface area contributed by atoms with Crippen LogP contribution in [0.4, 0.5) is 10.3 Å². The summed E-state index contributed by atoms with van der Waals surface area (Å²) in [6.45, 7) is 2.85. The van der Waals surface area contributed by atoms with Gasteiger partial charge in [0.1, 0.15) is 5.82 Å². The van der Waals surface area contributed by atoms with Crippen LogP contribution in [-0.2, 0) is 6.42 Å². The summed E-state index contributed by atoms with van der Waals surface area (Å²) in [5, 5.41) is 3.43. The van der Waals surface area contributed by atoms with Crippen LogP contribution in [0.1, 0.15) is 43.0 Å². The quantitative estimate of drug-likeness (QED) is 0.897. The van der Waals surface area contributed by atoms with Crippen molar-refractivity contribution in [3.63, 3.8) is 0 Å². The van der Waals surface area contributed by atoms with E-state index in [1.54, 1.807) is 0 Å². The molecule has 0 bridgehead atoms.